The molecule has 0 bridgehead atoms. The van der Waals surface area contributed by atoms with Gasteiger partial charge < -0.3 is 25.9 Å². The Morgan fingerprint density at radius 1 is 1.50 bits per heavy atom. The lowest BCUT2D eigenvalue weighted by molar-refractivity contribution is -0.905. The molecule has 0 aliphatic carbocycles. The van der Waals surface area contributed by atoms with Crippen molar-refractivity contribution in [2.45, 2.75) is 37.2 Å². The molecule has 0 aromatic carbocycles. The van der Waals surface area contributed by atoms with Gasteiger partial charge in [0.05, 0.1) is 13.1 Å². The number of nitrogens with zero attached hydrogens (tertiary/aromatic N) is 3. The zero-order valence-electron chi connectivity index (χ0n) is 18.4. The average Bonchev–Trinajstić information content (AvgIpc) is 3.50. The van der Waals surface area contributed by atoms with Crippen LogP contribution in [0.3, 0.4) is 0 Å². The number of thiazole rings is 1. The number of oxime groups is 1. The van der Waals surface area contributed by atoms with E-state index in [9.17, 15) is 19.5 Å². The molecular formula is C21H25N6O5S2+. The second-order valence-corrected chi connectivity index (χ2v) is 10.1. The van der Waals surface area contributed by atoms with Crippen molar-refractivity contribution in [1.82, 2.24) is 15.2 Å². The van der Waals surface area contributed by atoms with Gasteiger partial charge in [-0.15, -0.1) is 29.5 Å². The molecule has 5 N–H and O–H groups in total. The number of nitrogen functional groups attached to an aromatic ring is 1. The maximum absolute atomic E-state index is 13.0. The molecule has 2 fully saturated rings. The standard InChI is InChI=1S/C21H24N6O5S2/c1-3-8-32-25-14(13-10-34-21(22)23-13)17(28)24-15-18(29)27-16(20(30)31)12(9-33-19(15)27)11(2)26-6-4-5-7-26/h1,10-11,15,19H,4-9H2,2H3,(H2,22,23)(H,24,28)(H,30,31)/p+1/t11?,15?,19-/m0/s1. The number of hydrogen-bond donors (Lipinski definition) is 4. The summed E-state index contributed by atoms with van der Waals surface area (Å²) in [5.74, 6) is 0.413. The zero-order chi connectivity index (χ0) is 24.4. The molecule has 1 aromatic heterocycles. The van der Waals surface area contributed by atoms with Crippen molar-refractivity contribution in [2.75, 3.05) is 31.2 Å². The molecule has 1 aromatic rings. The number of anilines is 1. The molecule has 4 rings (SSSR count). The molecule has 0 radical (unpaired) electrons. The van der Waals surface area contributed by atoms with Gasteiger partial charge in [0.1, 0.15) is 28.8 Å². The van der Waals surface area contributed by atoms with E-state index >= 15 is 0 Å². The Hall–Kier alpha value is -3.08. The molecule has 34 heavy (non-hydrogen) atoms. The number of nitrogens with two attached hydrogens (primary N) is 1. The number of amides is 2. The maximum Gasteiger partial charge on any atom is 0.352 e. The maximum atomic E-state index is 13.0. The molecule has 2 amide bonds. The number of aromatic nitrogens is 1. The lowest BCUT2D eigenvalue weighted by Crippen LogP contribution is -3.13. The van der Waals surface area contributed by atoms with Crippen molar-refractivity contribution < 1.29 is 29.2 Å². The Balaban J connectivity index is 1.53. The second kappa shape index (κ2) is 10.0. The van der Waals surface area contributed by atoms with E-state index in [4.69, 9.17) is 17.0 Å². The number of carbonyl (C=O) groups excluding carboxylic acids is 2. The number of carboxylic acids is 1. The Kier molecular flexibility index (Phi) is 7.11. The van der Waals surface area contributed by atoms with E-state index < -0.39 is 29.2 Å². The van der Waals surface area contributed by atoms with Gasteiger partial charge >= 0.3 is 5.97 Å². The number of fused-ring (bicyclic) bond motifs is 1. The van der Waals surface area contributed by atoms with Gasteiger partial charge in [-0.1, -0.05) is 11.1 Å². The first-order chi connectivity index (χ1) is 16.3. The van der Waals surface area contributed by atoms with Crippen molar-refractivity contribution in [3.05, 3.63) is 22.3 Å². The quantitative estimate of drug-likeness (QED) is 0.114. The van der Waals surface area contributed by atoms with Crippen LogP contribution in [0.15, 0.2) is 21.8 Å². The Morgan fingerprint density at radius 2 is 2.24 bits per heavy atom. The Labute approximate surface area is 204 Å². The number of nitrogens with one attached hydrogen (secondary N) is 2. The van der Waals surface area contributed by atoms with E-state index in [2.05, 4.69) is 21.4 Å². The number of aliphatic carboxylic acids is 1. The van der Waals surface area contributed by atoms with Gasteiger partial charge in [-0.2, -0.15) is 0 Å². The smallest absolute Gasteiger partial charge is 0.352 e. The van der Waals surface area contributed by atoms with E-state index in [0.717, 1.165) is 42.8 Å². The van der Waals surface area contributed by atoms with E-state index in [1.165, 1.54) is 26.9 Å². The van der Waals surface area contributed by atoms with Crippen LogP contribution in [0.4, 0.5) is 5.13 Å². The van der Waals surface area contributed by atoms with Gasteiger partial charge in [0, 0.05) is 29.5 Å². The monoisotopic (exact) mass is 505 g/mol. The fraction of sp³-hybridized carbons (Fsp3) is 0.476. The summed E-state index contributed by atoms with van der Waals surface area (Å²) in [6, 6.07) is -0.901. The molecule has 13 heteroatoms. The largest absolute Gasteiger partial charge is 0.477 e. The van der Waals surface area contributed by atoms with E-state index in [0.29, 0.717) is 5.75 Å². The molecule has 3 aliphatic heterocycles. The first kappa shape index (κ1) is 24.1. The first-order valence-electron chi connectivity index (χ1n) is 10.7. The van der Waals surface area contributed by atoms with E-state index in [1.807, 2.05) is 6.92 Å². The van der Waals surface area contributed by atoms with Gasteiger partial charge in [0.15, 0.2) is 17.5 Å². The lowest BCUT2D eigenvalue weighted by atomic mass is 9.99. The van der Waals surface area contributed by atoms with Gasteiger partial charge in [-0.25, -0.2) is 9.78 Å². The van der Waals surface area contributed by atoms with Crippen molar-refractivity contribution in [1.29, 1.82) is 0 Å². The van der Waals surface area contributed by atoms with Gasteiger partial charge in [0.2, 0.25) is 0 Å². The third-order valence-corrected chi connectivity index (χ3v) is 8.13. The van der Waals surface area contributed by atoms with Crippen LogP contribution in [-0.4, -0.2) is 81.4 Å². The normalized spacial score (nSPS) is 23.7. The van der Waals surface area contributed by atoms with Crippen LogP contribution in [0.5, 0.6) is 0 Å². The molecule has 0 spiro atoms. The van der Waals surface area contributed by atoms with Crippen LogP contribution in [0.25, 0.3) is 0 Å². The summed E-state index contributed by atoms with van der Waals surface area (Å²) in [4.78, 5) is 49.8. The Morgan fingerprint density at radius 3 is 2.85 bits per heavy atom. The van der Waals surface area contributed by atoms with Crippen molar-refractivity contribution in [3.63, 3.8) is 0 Å². The number of quaternary nitrogens is 1. The van der Waals surface area contributed by atoms with Crippen molar-refractivity contribution in [2.24, 2.45) is 5.16 Å². The highest BCUT2D eigenvalue weighted by Crippen LogP contribution is 2.41. The zero-order valence-corrected chi connectivity index (χ0v) is 20.1. The number of thioether (sulfide) groups is 1. The summed E-state index contributed by atoms with van der Waals surface area (Å²) in [7, 11) is 0. The highest BCUT2D eigenvalue weighted by Gasteiger charge is 2.55. The van der Waals surface area contributed by atoms with Gasteiger partial charge in [-0.3, -0.25) is 14.5 Å². The fourth-order valence-corrected chi connectivity index (χ4v) is 6.45. The van der Waals surface area contributed by atoms with E-state index in [1.54, 1.807) is 0 Å². The van der Waals surface area contributed by atoms with Crippen molar-refractivity contribution >= 4 is 51.7 Å². The van der Waals surface area contributed by atoms with E-state index in [-0.39, 0.29) is 34.9 Å². The number of rotatable bonds is 8. The topological polar surface area (TPSA) is 152 Å². The number of β-lactam (4-membered cyclic amide) rings is 1. The summed E-state index contributed by atoms with van der Waals surface area (Å²) in [6.45, 7) is 3.84. The summed E-state index contributed by atoms with van der Waals surface area (Å²) in [5, 5.41) is 17.6. The fourth-order valence-electron chi connectivity index (χ4n) is 4.43. The molecule has 4 heterocycles. The minimum absolute atomic E-state index is 0.00524. The molecule has 0 saturated carbocycles. The molecule has 3 aliphatic rings. The van der Waals surface area contributed by atoms with Crippen LogP contribution in [0, 0.1) is 12.3 Å². The van der Waals surface area contributed by atoms with Crippen LogP contribution in [-0.2, 0) is 19.2 Å². The minimum Gasteiger partial charge on any atom is -0.477 e. The summed E-state index contributed by atoms with van der Waals surface area (Å²) in [5.41, 5.74) is 6.47. The van der Waals surface area contributed by atoms with Crippen LogP contribution >= 0.6 is 23.1 Å². The number of terminal acetylenes is 1. The number of carbonyl (C=O) groups is 3. The predicted molar refractivity (Wildman–Crippen MR) is 127 cm³/mol. The van der Waals surface area contributed by atoms with Crippen LogP contribution in [0.1, 0.15) is 25.5 Å². The summed E-state index contributed by atoms with van der Waals surface area (Å²) >= 11 is 2.56. The molecule has 180 valence electrons. The third-order valence-electron chi connectivity index (χ3n) is 6.15. The molecule has 3 atom stereocenters. The molecule has 11 nitrogen and oxygen atoms in total. The van der Waals surface area contributed by atoms with Crippen LogP contribution in [0.2, 0.25) is 0 Å². The second-order valence-electron chi connectivity index (χ2n) is 8.12. The van der Waals surface area contributed by atoms with Gasteiger partial charge in [0.25, 0.3) is 11.8 Å². The number of likely N-dealkylation sites (tertiary alicyclic amines) is 1. The SMILES string of the molecule is C#CCON=C(C(=O)NC1C(=O)N2C(C(=O)O)=C(C(C)[NH+]3CCCC3)CS[C@@H]12)c1csc(N)n1. The predicted octanol–water partition coefficient (Wildman–Crippen LogP) is -1.11. The highest BCUT2D eigenvalue weighted by molar-refractivity contribution is 8.00. The Bertz CT molecular complexity index is 1100. The summed E-state index contributed by atoms with van der Waals surface area (Å²) in [6.07, 6.45) is 7.39. The molecule has 2 saturated heterocycles. The van der Waals surface area contributed by atoms with Crippen LogP contribution < -0.4 is 16.0 Å². The first-order valence-corrected chi connectivity index (χ1v) is 12.7. The summed E-state index contributed by atoms with van der Waals surface area (Å²) < 4.78 is 0. The van der Waals surface area contributed by atoms with Gasteiger partial charge in [-0.05, 0) is 6.92 Å². The third kappa shape index (κ3) is 4.48. The minimum atomic E-state index is -1.13. The lowest BCUT2D eigenvalue weighted by Gasteiger charge is -2.50. The van der Waals surface area contributed by atoms with Crippen molar-refractivity contribution in [3.8, 4) is 12.3 Å². The number of hydrogen-bond acceptors (Lipinski definition) is 9. The average molecular weight is 506 g/mol. The highest BCUT2D eigenvalue weighted by atomic mass is 32.2. The number of carboxylic acid groups (broad SMARTS) is 1. The molecular weight excluding hydrogens is 480 g/mol. The molecule has 2 unspecified atom stereocenters.